The number of carbonyl (C=O) groups excluding carboxylic acids is 2. The Morgan fingerprint density at radius 3 is 2.68 bits per heavy atom. The number of methoxy groups -OCH3 is 1. The number of hydrogen-bond donors (Lipinski definition) is 2. The first-order valence-electron chi connectivity index (χ1n) is 8.19. The number of benzene rings is 2. The van der Waals surface area contributed by atoms with Crippen molar-refractivity contribution in [1.29, 1.82) is 0 Å². The molecule has 0 spiro atoms. The molecular weight excluding hydrogens is 336 g/mol. The maximum absolute atomic E-state index is 12.1. The Hall–Kier alpha value is -2.05. The fourth-order valence-corrected chi connectivity index (χ4v) is 3.10. The lowest BCUT2D eigenvalue weighted by Crippen LogP contribution is -2.45. The third-order valence-electron chi connectivity index (χ3n) is 3.91. The number of thioether (sulfide) groups is 1. The van der Waals surface area contributed by atoms with Gasteiger partial charge in [-0.05, 0) is 34.8 Å². The Labute approximate surface area is 152 Å². The van der Waals surface area contributed by atoms with Gasteiger partial charge in [-0.3, -0.25) is 4.79 Å². The van der Waals surface area contributed by atoms with E-state index >= 15 is 0 Å². The van der Waals surface area contributed by atoms with E-state index in [1.807, 2.05) is 30.5 Å². The molecule has 0 saturated carbocycles. The molecule has 6 heteroatoms. The van der Waals surface area contributed by atoms with Crippen molar-refractivity contribution < 1.29 is 14.3 Å². The molecule has 2 aromatic rings. The van der Waals surface area contributed by atoms with E-state index in [0.717, 1.165) is 11.3 Å². The molecule has 5 nitrogen and oxygen atoms in total. The minimum absolute atomic E-state index is 0.149. The van der Waals surface area contributed by atoms with E-state index in [1.165, 1.54) is 17.9 Å². The standard InChI is InChI=1S/C19H24N2O3S/c1-24-19(23)17(10-11-25-2)21-18(22)13-20-12-15-8-5-7-14-6-3-4-9-16(14)15/h3-9,17,20H,10-13H2,1-2H3,(H,21,22). The van der Waals surface area contributed by atoms with Crippen LogP contribution < -0.4 is 10.6 Å². The molecule has 25 heavy (non-hydrogen) atoms. The van der Waals surface area contributed by atoms with Gasteiger partial charge in [0.15, 0.2) is 0 Å². The van der Waals surface area contributed by atoms with Gasteiger partial charge in [0.2, 0.25) is 5.91 Å². The van der Waals surface area contributed by atoms with Crippen LogP contribution in [0, 0.1) is 0 Å². The van der Waals surface area contributed by atoms with Crippen LogP contribution in [0.2, 0.25) is 0 Å². The summed E-state index contributed by atoms with van der Waals surface area (Å²) in [6.45, 7) is 0.735. The van der Waals surface area contributed by atoms with Gasteiger partial charge in [-0.2, -0.15) is 11.8 Å². The molecule has 1 atom stereocenters. The lowest BCUT2D eigenvalue weighted by molar-refractivity contribution is -0.145. The van der Waals surface area contributed by atoms with Crippen LogP contribution in [0.4, 0.5) is 0 Å². The molecule has 0 aliphatic rings. The lowest BCUT2D eigenvalue weighted by atomic mass is 10.0. The van der Waals surface area contributed by atoms with Gasteiger partial charge in [0.25, 0.3) is 0 Å². The third kappa shape index (κ3) is 5.76. The maximum Gasteiger partial charge on any atom is 0.328 e. The second kappa shape index (κ2) is 10.1. The Balaban J connectivity index is 1.87. The maximum atomic E-state index is 12.1. The van der Waals surface area contributed by atoms with Crippen LogP contribution in [0.5, 0.6) is 0 Å². The molecule has 0 saturated heterocycles. The zero-order chi connectivity index (χ0) is 18.1. The average molecular weight is 360 g/mol. The molecule has 0 bridgehead atoms. The minimum atomic E-state index is -0.593. The highest BCUT2D eigenvalue weighted by atomic mass is 32.2. The first kappa shape index (κ1) is 19.3. The molecule has 0 heterocycles. The van der Waals surface area contributed by atoms with E-state index in [-0.39, 0.29) is 12.5 Å². The highest BCUT2D eigenvalue weighted by Crippen LogP contribution is 2.18. The van der Waals surface area contributed by atoms with E-state index in [9.17, 15) is 9.59 Å². The van der Waals surface area contributed by atoms with Crippen LogP contribution in [0.15, 0.2) is 42.5 Å². The summed E-state index contributed by atoms with van der Waals surface area (Å²) in [4.78, 5) is 23.8. The van der Waals surface area contributed by atoms with Crippen LogP contribution in [-0.4, -0.2) is 43.6 Å². The molecule has 2 aromatic carbocycles. The molecule has 0 aliphatic heterocycles. The van der Waals surface area contributed by atoms with Crippen molar-refractivity contribution in [3.05, 3.63) is 48.0 Å². The number of rotatable bonds is 9. The van der Waals surface area contributed by atoms with E-state index in [0.29, 0.717) is 13.0 Å². The number of nitrogens with one attached hydrogen (secondary N) is 2. The largest absolute Gasteiger partial charge is 0.467 e. The molecule has 0 radical (unpaired) electrons. The number of carbonyl (C=O) groups is 2. The van der Waals surface area contributed by atoms with Gasteiger partial charge in [0.1, 0.15) is 6.04 Å². The highest BCUT2D eigenvalue weighted by Gasteiger charge is 2.20. The second-order valence-corrected chi connectivity index (χ2v) is 6.65. The molecule has 134 valence electrons. The van der Waals surface area contributed by atoms with Crippen LogP contribution in [-0.2, 0) is 20.9 Å². The van der Waals surface area contributed by atoms with Crippen LogP contribution in [0.3, 0.4) is 0 Å². The first-order chi connectivity index (χ1) is 12.2. The van der Waals surface area contributed by atoms with Gasteiger partial charge in [-0.1, -0.05) is 42.5 Å². The summed E-state index contributed by atoms with van der Waals surface area (Å²) in [5.74, 6) is 0.164. The predicted octanol–water partition coefficient (Wildman–Crippen LogP) is 2.34. The highest BCUT2D eigenvalue weighted by molar-refractivity contribution is 7.98. The summed E-state index contributed by atoms with van der Waals surface area (Å²) in [5.41, 5.74) is 1.14. The number of amides is 1. The monoisotopic (exact) mass is 360 g/mol. The van der Waals surface area contributed by atoms with E-state index in [1.54, 1.807) is 11.8 Å². The van der Waals surface area contributed by atoms with Gasteiger partial charge in [-0.15, -0.1) is 0 Å². The van der Waals surface area contributed by atoms with Crippen molar-refractivity contribution in [2.24, 2.45) is 0 Å². The summed E-state index contributed by atoms with van der Waals surface area (Å²) in [6.07, 6.45) is 2.52. The summed E-state index contributed by atoms with van der Waals surface area (Å²) >= 11 is 1.63. The van der Waals surface area contributed by atoms with Crippen LogP contribution in [0.25, 0.3) is 10.8 Å². The van der Waals surface area contributed by atoms with E-state index < -0.39 is 12.0 Å². The Bertz CT molecular complexity index is 715. The molecule has 0 aliphatic carbocycles. The fourth-order valence-electron chi connectivity index (χ4n) is 2.63. The van der Waals surface area contributed by atoms with Crippen molar-refractivity contribution in [3.8, 4) is 0 Å². The number of ether oxygens (including phenoxy) is 1. The Morgan fingerprint density at radius 2 is 1.92 bits per heavy atom. The van der Waals surface area contributed by atoms with Gasteiger partial charge in [0.05, 0.1) is 13.7 Å². The smallest absolute Gasteiger partial charge is 0.328 e. The summed E-state index contributed by atoms with van der Waals surface area (Å²) in [7, 11) is 1.33. The van der Waals surface area contributed by atoms with E-state index in [4.69, 9.17) is 4.74 Å². The van der Waals surface area contributed by atoms with Crippen molar-refractivity contribution >= 4 is 34.4 Å². The zero-order valence-electron chi connectivity index (χ0n) is 14.6. The summed E-state index contributed by atoms with van der Waals surface area (Å²) in [5, 5.41) is 8.23. The van der Waals surface area contributed by atoms with Gasteiger partial charge in [0, 0.05) is 6.54 Å². The molecule has 0 aromatic heterocycles. The first-order valence-corrected chi connectivity index (χ1v) is 9.58. The van der Waals surface area contributed by atoms with Crippen LogP contribution >= 0.6 is 11.8 Å². The van der Waals surface area contributed by atoms with Crippen molar-refractivity contribution in [3.63, 3.8) is 0 Å². The Kier molecular flexibility index (Phi) is 7.76. The molecule has 0 fully saturated rings. The summed E-state index contributed by atoms with van der Waals surface area (Å²) < 4.78 is 4.75. The third-order valence-corrected chi connectivity index (χ3v) is 4.56. The predicted molar refractivity (Wildman–Crippen MR) is 103 cm³/mol. The fraction of sp³-hybridized carbons (Fsp3) is 0.368. The van der Waals surface area contributed by atoms with Gasteiger partial charge >= 0.3 is 5.97 Å². The topological polar surface area (TPSA) is 67.4 Å². The number of hydrogen-bond acceptors (Lipinski definition) is 5. The minimum Gasteiger partial charge on any atom is -0.467 e. The average Bonchev–Trinajstić information content (AvgIpc) is 2.64. The molecule has 1 amide bonds. The van der Waals surface area contributed by atoms with E-state index in [2.05, 4.69) is 28.8 Å². The Morgan fingerprint density at radius 1 is 1.16 bits per heavy atom. The van der Waals surface area contributed by atoms with Crippen molar-refractivity contribution in [2.45, 2.75) is 19.0 Å². The SMILES string of the molecule is COC(=O)C(CCSC)NC(=O)CNCc1cccc2ccccc12. The molecule has 2 N–H and O–H groups in total. The second-order valence-electron chi connectivity index (χ2n) is 5.67. The van der Waals surface area contributed by atoms with Gasteiger partial charge < -0.3 is 15.4 Å². The molecule has 2 rings (SSSR count). The lowest BCUT2D eigenvalue weighted by Gasteiger charge is -2.16. The molecular formula is C19H24N2O3S. The molecule has 1 unspecified atom stereocenters. The van der Waals surface area contributed by atoms with Crippen LogP contribution in [0.1, 0.15) is 12.0 Å². The van der Waals surface area contributed by atoms with Crippen molar-refractivity contribution in [2.75, 3.05) is 25.7 Å². The zero-order valence-corrected chi connectivity index (χ0v) is 15.4. The number of fused-ring (bicyclic) bond motifs is 1. The van der Waals surface area contributed by atoms with Gasteiger partial charge in [-0.25, -0.2) is 4.79 Å². The quantitative estimate of drug-likeness (QED) is 0.672. The van der Waals surface area contributed by atoms with Crippen molar-refractivity contribution in [1.82, 2.24) is 10.6 Å². The normalized spacial score (nSPS) is 11.9. The number of esters is 1. The summed E-state index contributed by atoms with van der Waals surface area (Å²) in [6, 6.07) is 13.7.